The third-order valence-corrected chi connectivity index (χ3v) is 17.5. The molecule has 0 aliphatic heterocycles. The summed E-state index contributed by atoms with van der Waals surface area (Å²) in [5, 5.41) is 0. The van der Waals surface area contributed by atoms with E-state index in [9.17, 15) is 0 Å². The van der Waals surface area contributed by atoms with E-state index in [0.717, 1.165) is 17.1 Å². The Hall–Kier alpha value is -8.78. The predicted molar refractivity (Wildman–Crippen MR) is 309 cm³/mol. The maximum Gasteiger partial charge on any atom is 0.0725 e. The van der Waals surface area contributed by atoms with Gasteiger partial charge in [0.05, 0.1) is 16.8 Å². The van der Waals surface area contributed by atoms with Gasteiger partial charge in [-0.2, -0.15) is 0 Å². The summed E-state index contributed by atoms with van der Waals surface area (Å²) in [4.78, 5) is 2.52. The first-order chi connectivity index (χ1) is 36.2. The number of rotatable bonds is 6. The first-order valence-corrected chi connectivity index (χ1v) is 26.3. The van der Waals surface area contributed by atoms with E-state index < -0.39 is 0 Å². The summed E-state index contributed by atoms with van der Waals surface area (Å²) in [6.45, 7) is 9.47. The lowest BCUT2D eigenvalue weighted by molar-refractivity contribution is 0.660. The Balaban J connectivity index is 0.903. The molecule has 0 heterocycles. The smallest absolute Gasteiger partial charge is 0.0725 e. The molecule has 0 amide bonds. The van der Waals surface area contributed by atoms with Crippen LogP contribution in [0, 0.1) is 0 Å². The SMILES string of the molecule is CC1(C)c2ccccc2-c2cc(-c3ccccc3N(c3ccc(-c4ccc5c(c4)-c4ccccc4C54c5ccccc5-c5ccccc54)cc3)c3ccccc3-c3cccc4c3-c3ccccc3C4(C)C)ccc21. The highest BCUT2D eigenvalue weighted by molar-refractivity contribution is 6.01. The van der Waals surface area contributed by atoms with Gasteiger partial charge in [-0.05, 0) is 148 Å². The van der Waals surface area contributed by atoms with Crippen LogP contribution in [0.4, 0.5) is 17.1 Å². The normalized spacial score (nSPS) is 14.8. The van der Waals surface area contributed by atoms with E-state index in [1.165, 1.54) is 122 Å². The van der Waals surface area contributed by atoms with Gasteiger partial charge in [0.25, 0.3) is 0 Å². The molecule has 0 saturated heterocycles. The van der Waals surface area contributed by atoms with Crippen molar-refractivity contribution in [2.75, 3.05) is 4.90 Å². The van der Waals surface area contributed by atoms with Gasteiger partial charge in [-0.15, -0.1) is 0 Å². The monoisotopic (exact) mass is 943 g/mol. The molecule has 1 heteroatoms. The molecule has 0 unspecified atom stereocenters. The van der Waals surface area contributed by atoms with Crippen LogP contribution in [0.15, 0.2) is 249 Å². The number of nitrogens with zero attached hydrogens (tertiary/aromatic N) is 1. The largest absolute Gasteiger partial charge is 0.309 e. The standard InChI is InChI=1S/C73H53N/c1-71(2)60-28-12-5-23-53(60)58-45-48(39-42-62(58)71)50-20-10-17-34-68(50)74(69-35-18-11-25-55(69)56-27-19-33-67-70(56)57-26-9-13-29-61(57)72(67,3)4)49-40-36-46(37-41-49)47-38-43-66-59(44-47)54-24-8-16-32-65(54)73(66)63-30-14-6-21-51(63)52-22-7-15-31-64(52)73/h5-45H,1-4H3. The van der Waals surface area contributed by atoms with Crippen molar-refractivity contribution in [1.29, 1.82) is 0 Å². The first kappa shape index (κ1) is 42.9. The fraction of sp³-hybridized carbons (Fsp3) is 0.0959. The van der Waals surface area contributed by atoms with Gasteiger partial charge in [-0.3, -0.25) is 0 Å². The average Bonchev–Trinajstić information content (AvgIpc) is 4.08. The van der Waals surface area contributed by atoms with Crippen LogP contribution < -0.4 is 4.90 Å². The molecular weight excluding hydrogens is 891 g/mol. The maximum atomic E-state index is 2.52. The van der Waals surface area contributed by atoms with Crippen LogP contribution in [-0.2, 0) is 16.2 Å². The van der Waals surface area contributed by atoms with E-state index in [1.807, 2.05) is 0 Å². The van der Waals surface area contributed by atoms with Crippen LogP contribution in [0.2, 0.25) is 0 Å². The van der Waals surface area contributed by atoms with Gasteiger partial charge in [0, 0.05) is 27.6 Å². The summed E-state index contributed by atoms with van der Waals surface area (Å²) in [6, 6.07) is 93.9. The molecule has 350 valence electrons. The zero-order valence-corrected chi connectivity index (χ0v) is 42.1. The summed E-state index contributed by atoms with van der Waals surface area (Å²) < 4.78 is 0. The summed E-state index contributed by atoms with van der Waals surface area (Å²) >= 11 is 0. The second-order valence-corrected chi connectivity index (χ2v) is 21.9. The molecule has 0 radical (unpaired) electrons. The van der Waals surface area contributed by atoms with E-state index in [-0.39, 0.29) is 16.2 Å². The van der Waals surface area contributed by atoms with Crippen molar-refractivity contribution in [3.63, 3.8) is 0 Å². The van der Waals surface area contributed by atoms with Crippen LogP contribution in [0.3, 0.4) is 0 Å². The molecule has 4 aliphatic rings. The van der Waals surface area contributed by atoms with Crippen molar-refractivity contribution in [2.24, 2.45) is 0 Å². The molecule has 0 bridgehead atoms. The second-order valence-electron chi connectivity index (χ2n) is 21.9. The van der Waals surface area contributed by atoms with Crippen molar-refractivity contribution in [3.8, 4) is 77.9 Å². The first-order valence-electron chi connectivity index (χ1n) is 26.3. The topological polar surface area (TPSA) is 3.24 Å². The average molecular weight is 944 g/mol. The highest BCUT2D eigenvalue weighted by Gasteiger charge is 2.51. The van der Waals surface area contributed by atoms with Crippen molar-refractivity contribution in [3.05, 3.63) is 293 Å². The minimum Gasteiger partial charge on any atom is -0.309 e. The third kappa shape index (κ3) is 5.76. The molecular formula is C73H53N. The molecule has 0 aromatic heterocycles. The van der Waals surface area contributed by atoms with Crippen molar-refractivity contribution >= 4 is 17.1 Å². The minimum absolute atomic E-state index is 0.0726. The fourth-order valence-corrected chi connectivity index (χ4v) is 14.2. The van der Waals surface area contributed by atoms with Crippen molar-refractivity contribution in [1.82, 2.24) is 0 Å². The Morgan fingerprint density at radius 1 is 0.243 bits per heavy atom. The highest BCUT2D eigenvalue weighted by Crippen LogP contribution is 2.63. The zero-order valence-electron chi connectivity index (χ0n) is 42.1. The van der Waals surface area contributed by atoms with Gasteiger partial charge in [0.15, 0.2) is 0 Å². The number of para-hydroxylation sites is 2. The molecule has 4 aliphatic carbocycles. The minimum atomic E-state index is -0.363. The van der Waals surface area contributed by atoms with Gasteiger partial charge in [0.2, 0.25) is 0 Å². The van der Waals surface area contributed by atoms with E-state index >= 15 is 0 Å². The lowest BCUT2D eigenvalue weighted by atomic mass is 9.70. The van der Waals surface area contributed by atoms with Crippen LogP contribution in [0.25, 0.3) is 77.9 Å². The van der Waals surface area contributed by atoms with Crippen LogP contribution in [0.5, 0.6) is 0 Å². The highest BCUT2D eigenvalue weighted by atomic mass is 15.1. The van der Waals surface area contributed by atoms with Gasteiger partial charge in [0.1, 0.15) is 0 Å². The molecule has 74 heavy (non-hydrogen) atoms. The predicted octanol–water partition coefficient (Wildman–Crippen LogP) is 19.1. The summed E-state index contributed by atoms with van der Waals surface area (Å²) in [5.74, 6) is 0. The molecule has 11 aromatic rings. The van der Waals surface area contributed by atoms with Gasteiger partial charge < -0.3 is 4.90 Å². The van der Waals surface area contributed by atoms with E-state index in [1.54, 1.807) is 0 Å². The van der Waals surface area contributed by atoms with E-state index in [0.29, 0.717) is 0 Å². The number of benzene rings is 11. The Bertz CT molecular complexity index is 4100. The van der Waals surface area contributed by atoms with Crippen LogP contribution in [-0.4, -0.2) is 0 Å². The molecule has 1 spiro atoms. The Morgan fingerprint density at radius 2 is 0.608 bits per heavy atom. The number of hydrogen-bond donors (Lipinski definition) is 0. The van der Waals surface area contributed by atoms with Crippen LogP contribution in [0.1, 0.15) is 72.2 Å². The van der Waals surface area contributed by atoms with Crippen molar-refractivity contribution in [2.45, 2.75) is 43.9 Å². The van der Waals surface area contributed by atoms with Crippen molar-refractivity contribution < 1.29 is 0 Å². The summed E-state index contributed by atoms with van der Waals surface area (Å²) in [6.07, 6.45) is 0. The molecule has 0 saturated carbocycles. The number of anilines is 3. The Morgan fingerprint density at radius 3 is 1.24 bits per heavy atom. The van der Waals surface area contributed by atoms with Gasteiger partial charge >= 0.3 is 0 Å². The second kappa shape index (κ2) is 15.6. The van der Waals surface area contributed by atoms with Crippen LogP contribution >= 0.6 is 0 Å². The molecule has 11 aromatic carbocycles. The molecule has 0 fully saturated rings. The zero-order chi connectivity index (χ0) is 49.5. The fourth-order valence-electron chi connectivity index (χ4n) is 14.2. The number of fused-ring (bicyclic) bond motifs is 16. The molecule has 0 atom stereocenters. The molecule has 1 nitrogen and oxygen atoms in total. The summed E-state index contributed by atoms with van der Waals surface area (Å²) in [5.41, 5.74) is 31.5. The molecule has 0 N–H and O–H groups in total. The summed E-state index contributed by atoms with van der Waals surface area (Å²) in [7, 11) is 0. The quantitative estimate of drug-likeness (QED) is 0.161. The third-order valence-electron chi connectivity index (χ3n) is 17.5. The lowest BCUT2D eigenvalue weighted by Crippen LogP contribution is -2.25. The maximum absolute atomic E-state index is 2.52. The lowest BCUT2D eigenvalue weighted by Gasteiger charge is -2.31. The van der Waals surface area contributed by atoms with E-state index in [4.69, 9.17) is 0 Å². The Kier molecular flexibility index (Phi) is 9.04. The Labute approximate surface area is 434 Å². The van der Waals surface area contributed by atoms with Gasteiger partial charge in [-0.1, -0.05) is 240 Å². The van der Waals surface area contributed by atoms with E-state index in [2.05, 4.69) is 281 Å². The number of hydrogen-bond acceptors (Lipinski definition) is 1. The molecule has 15 rings (SSSR count). The van der Waals surface area contributed by atoms with Gasteiger partial charge in [-0.25, -0.2) is 0 Å².